The molecule has 0 radical (unpaired) electrons. The lowest BCUT2D eigenvalue weighted by Crippen LogP contribution is -2.34. The van der Waals surface area contributed by atoms with Gasteiger partial charge in [-0.25, -0.2) is 0 Å². The van der Waals surface area contributed by atoms with Crippen LogP contribution in [0.15, 0.2) is 47.4 Å². The number of imide groups is 1. The second-order valence-corrected chi connectivity index (χ2v) is 8.24. The van der Waals surface area contributed by atoms with Crippen LogP contribution in [0.25, 0.3) is 6.08 Å². The monoisotopic (exact) mass is 468 g/mol. The number of esters is 1. The van der Waals surface area contributed by atoms with E-state index < -0.39 is 23.7 Å². The van der Waals surface area contributed by atoms with Crippen LogP contribution in [-0.4, -0.2) is 47.7 Å². The van der Waals surface area contributed by atoms with Gasteiger partial charge in [0, 0.05) is 11.3 Å². The van der Waals surface area contributed by atoms with E-state index in [0.29, 0.717) is 17.0 Å². The third kappa shape index (κ3) is 6.23. The zero-order valence-corrected chi connectivity index (χ0v) is 19.4. The summed E-state index contributed by atoms with van der Waals surface area (Å²) in [4.78, 5) is 49.8. The van der Waals surface area contributed by atoms with E-state index in [0.717, 1.165) is 27.8 Å². The number of amides is 3. The molecule has 1 heterocycles. The number of carbonyl (C=O) groups excluding carboxylic acids is 4. The fourth-order valence-electron chi connectivity index (χ4n) is 3.00. The van der Waals surface area contributed by atoms with Gasteiger partial charge in [-0.3, -0.25) is 24.1 Å². The smallest absolute Gasteiger partial charge is 0.326 e. The molecule has 1 aliphatic heterocycles. The van der Waals surface area contributed by atoms with E-state index in [1.54, 1.807) is 31.2 Å². The van der Waals surface area contributed by atoms with Crippen LogP contribution in [0, 0.1) is 13.8 Å². The van der Waals surface area contributed by atoms with Gasteiger partial charge in [0.1, 0.15) is 12.3 Å². The van der Waals surface area contributed by atoms with E-state index >= 15 is 0 Å². The number of thioether (sulfide) groups is 1. The fourth-order valence-corrected chi connectivity index (χ4v) is 3.83. The predicted molar refractivity (Wildman–Crippen MR) is 126 cm³/mol. The molecule has 1 aliphatic rings. The fraction of sp³-hybridized carbons (Fsp3) is 0.250. The summed E-state index contributed by atoms with van der Waals surface area (Å²) in [5.41, 5.74) is 3.40. The molecule has 2 aromatic carbocycles. The number of anilines is 1. The molecule has 3 rings (SSSR count). The zero-order valence-electron chi connectivity index (χ0n) is 18.5. The van der Waals surface area contributed by atoms with Gasteiger partial charge in [0.05, 0.1) is 11.5 Å². The number of benzene rings is 2. The lowest BCUT2D eigenvalue weighted by molar-refractivity contribution is -0.146. The van der Waals surface area contributed by atoms with Crippen molar-refractivity contribution >= 4 is 46.5 Å². The van der Waals surface area contributed by atoms with Crippen LogP contribution in [0.3, 0.4) is 0 Å². The van der Waals surface area contributed by atoms with Crippen LogP contribution in [0.5, 0.6) is 5.75 Å². The average molecular weight is 469 g/mol. The summed E-state index contributed by atoms with van der Waals surface area (Å²) in [6.45, 7) is 5.09. The van der Waals surface area contributed by atoms with Gasteiger partial charge in [0.25, 0.3) is 17.1 Å². The molecule has 33 heavy (non-hydrogen) atoms. The Morgan fingerprint density at radius 1 is 1.09 bits per heavy atom. The van der Waals surface area contributed by atoms with Gasteiger partial charge < -0.3 is 14.8 Å². The molecular formula is C24H24N2O6S. The topological polar surface area (TPSA) is 102 Å². The minimum absolute atomic E-state index is 0.153. The summed E-state index contributed by atoms with van der Waals surface area (Å²) in [6, 6.07) is 12.5. The highest BCUT2D eigenvalue weighted by Gasteiger charge is 2.36. The Labute approximate surface area is 195 Å². The molecule has 1 fully saturated rings. The molecule has 9 heteroatoms. The summed E-state index contributed by atoms with van der Waals surface area (Å²) in [5, 5.41) is 2.24. The van der Waals surface area contributed by atoms with E-state index in [4.69, 9.17) is 9.47 Å². The molecule has 0 saturated carbocycles. The molecule has 8 nitrogen and oxygen atoms in total. The summed E-state index contributed by atoms with van der Waals surface area (Å²) in [7, 11) is 0. The Morgan fingerprint density at radius 2 is 1.85 bits per heavy atom. The largest absolute Gasteiger partial charge is 0.483 e. The van der Waals surface area contributed by atoms with Crippen molar-refractivity contribution in [3.05, 3.63) is 64.1 Å². The molecule has 1 N–H and O–H groups in total. The van der Waals surface area contributed by atoms with Crippen molar-refractivity contribution in [1.82, 2.24) is 4.90 Å². The first-order valence-corrected chi connectivity index (χ1v) is 11.1. The SMILES string of the molecule is CCOC(=O)CN1C(=O)S/C(=C\c2ccccc2OCC(=O)Nc2ccc(C)c(C)c2)C1=O. The van der Waals surface area contributed by atoms with Crippen molar-refractivity contribution in [2.45, 2.75) is 20.8 Å². The number of nitrogens with one attached hydrogen (secondary N) is 1. The number of carbonyl (C=O) groups is 4. The number of ether oxygens (including phenoxy) is 2. The maximum Gasteiger partial charge on any atom is 0.326 e. The highest BCUT2D eigenvalue weighted by atomic mass is 32.2. The third-order valence-corrected chi connectivity index (χ3v) is 5.73. The van der Waals surface area contributed by atoms with Crippen molar-refractivity contribution in [2.24, 2.45) is 0 Å². The van der Waals surface area contributed by atoms with E-state index in [2.05, 4.69) is 5.32 Å². The molecule has 172 valence electrons. The highest BCUT2D eigenvalue weighted by molar-refractivity contribution is 8.18. The molecule has 0 spiro atoms. The first-order valence-electron chi connectivity index (χ1n) is 10.3. The van der Waals surface area contributed by atoms with Crippen LogP contribution < -0.4 is 10.1 Å². The second-order valence-electron chi connectivity index (χ2n) is 7.25. The normalized spacial score (nSPS) is 14.5. The van der Waals surface area contributed by atoms with Gasteiger partial charge in [0.2, 0.25) is 0 Å². The zero-order chi connectivity index (χ0) is 24.0. The van der Waals surface area contributed by atoms with Gasteiger partial charge in [-0.2, -0.15) is 0 Å². The average Bonchev–Trinajstić information content (AvgIpc) is 3.03. The molecule has 0 aromatic heterocycles. The first-order chi connectivity index (χ1) is 15.8. The van der Waals surface area contributed by atoms with Gasteiger partial charge >= 0.3 is 5.97 Å². The molecule has 3 amide bonds. The Kier molecular flexibility index (Phi) is 7.89. The quantitative estimate of drug-likeness (QED) is 0.463. The number of hydrogen-bond acceptors (Lipinski definition) is 7. The Hall–Kier alpha value is -3.59. The summed E-state index contributed by atoms with van der Waals surface area (Å²) in [5.74, 6) is -1.19. The van der Waals surface area contributed by atoms with Gasteiger partial charge in [0.15, 0.2) is 6.61 Å². The maximum absolute atomic E-state index is 12.6. The number of nitrogens with zero attached hydrogens (tertiary/aromatic N) is 1. The number of para-hydroxylation sites is 1. The van der Waals surface area contributed by atoms with E-state index in [9.17, 15) is 19.2 Å². The van der Waals surface area contributed by atoms with Crippen molar-refractivity contribution < 1.29 is 28.7 Å². The second kappa shape index (κ2) is 10.8. The molecule has 0 unspecified atom stereocenters. The van der Waals surface area contributed by atoms with Gasteiger partial charge in [-0.15, -0.1) is 0 Å². The number of hydrogen-bond donors (Lipinski definition) is 1. The van der Waals surface area contributed by atoms with Crippen molar-refractivity contribution in [3.63, 3.8) is 0 Å². The predicted octanol–water partition coefficient (Wildman–Crippen LogP) is 3.92. The first kappa shape index (κ1) is 24.1. The Bertz CT molecular complexity index is 1130. The Morgan fingerprint density at radius 3 is 2.58 bits per heavy atom. The molecular weight excluding hydrogens is 444 g/mol. The van der Waals surface area contributed by atoms with Crippen molar-refractivity contribution in [1.29, 1.82) is 0 Å². The summed E-state index contributed by atoms with van der Waals surface area (Å²) < 4.78 is 10.5. The van der Waals surface area contributed by atoms with Crippen LogP contribution >= 0.6 is 11.8 Å². The third-order valence-electron chi connectivity index (χ3n) is 4.82. The molecule has 0 bridgehead atoms. The van der Waals surface area contributed by atoms with Gasteiger partial charge in [-0.1, -0.05) is 24.3 Å². The minimum atomic E-state index is -0.653. The summed E-state index contributed by atoms with van der Waals surface area (Å²) in [6.07, 6.45) is 1.51. The van der Waals surface area contributed by atoms with E-state index in [1.165, 1.54) is 6.08 Å². The molecule has 0 atom stereocenters. The van der Waals surface area contributed by atoms with E-state index in [1.807, 2.05) is 32.0 Å². The number of aryl methyl sites for hydroxylation is 2. The molecule has 1 saturated heterocycles. The summed E-state index contributed by atoms with van der Waals surface area (Å²) >= 11 is 0.730. The lowest BCUT2D eigenvalue weighted by atomic mass is 10.1. The van der Waals surface area contributed by atoms with Crippen LogP contribution in [0.2, 0.25) is 0 Å². The van der Waals surface area contributed by atoms with Crippen LogP contribution in [0.1, 0.15) is 23.6 Å². The van der Waals surface area contributed by atoms with Crippen molar-refractivity contribution in [2.75, 3.05) is 25.1 Å². The van der Waals surface area contributed by atoms with Crippen LogP contribution in [0.4, 0.5) is 10.5 Å². The molecule has 0 aliphatic carbocycles. The number of rotatable bonds is 8. The molecule has 2 aromatic rings. The minimum Gasteiger partial charge on any atom is -0.483 e. The highest BCUT2D eigenvalue weighted by Crippen LogP contribution is 2.33. The standard InChI is InChI=1S/C24H24N2O6S/c1-4-31-22(28)13-26-23(29)20(33-24(26)30)12-17-7-5-6-8-19(17)32-14-21(27)25-18-10-9-15(2)16(3)11-18/h5-12H,4,13-14H2,1-3H3,(H,25,27)/b20-12-. The van der Waals surface area contributed by atoms with E-state index in [-0.39, 0.29) is 24.0 Å². The van der Waals surface area contributed by atoms with Crippen LogP contribution in [-0.2, 0) is 19.1 Å². The Balaban J connectivity index is 1.67. The van der Waals surface area contributed by atoms with Gasteiger partial charge in [-0.05, 0) is 67.9 Å². The lowest BCUT2D eigenvalue weighted by Gasteiger charge is -2.11. The van der Waals surface area contributed by atoms with Crippen molar-refractivity contribution in [3.8, 4) is 5.75 Å². The maximum atomic E-state index is 12.6.